The van der Waals surface area contributed by atoms with Crippen molar-refractivity contribution in [2.24, 2.45) is 0 Å². The molecule has 1 atom stereocenters. The number of quaternary nitrogens is 2. The minimum atomic E-state index is -0.267. The molecule has 2 aliphatic heterocycles. The van der Waals surface area contributed by atoms with Gasteiger partial charge in [-0.15, -0.1) is 0 Å². The molecule has 0 amide bonds. The van der Waals surface area contributed by atoms with Gasteiger partial charge < -0.3 is 44.0 Å². The van der Waals surface area contributed by atoms with Crippen LogP contribution in [0.4, 0.5) is 0 Å². The Morgan fingerprint density at radius 1 is 1.16 bits per heavy atom. The summed E-state index contributed by atoms with van der Waals surface area (Å²) >= 11 is 0. The molecule has 0 aromatic carbocycles. The Kier molecular flexibility index (Phi) is 8.81. The minimum absolute atomic E-state index is 0. The average Bonchev–Trinajstić information content (AvgIpc) is 2.36. The predicted octanol–water partition coefficient (Wildman–Crippen LogP) is -7.17. The van der Waals surface area contributed by atoms with E-state index in [2.05, 4.69) is 0 Å². The number of nitrogens with one attached hydrogen (secondary N) is 2. The van der Waals surface area contributed by atoms with Gasteiger partial charge >= 0.3 is 0 Å². The number of halogens is 2. The fraction of sp³-hybridized carbons (Fsp3) is 0.615. The van der Waals surface area contributed by atoms with Crippen LogP contribution in [-0.2, 0) is 4.79 Å². The number of carbonyl (C=O) groups excluding carboxylic acids is 1. The van der Waals surface area contributed by atoms with Crippen LogP contribution < -0.4 is 43.8 Å². The Balaban J connectivity index is 0.00000162. The van der Waals surface area contributed by atoms with Crippen LogP contribution in [0.25, 0.3) is 0 Å². The molecule has 3 N–H and O–H groups in total. The molecule has 2 aliphatic rings. The van der Waals surface area contributed by atoms with Gasteiger partial charge in [0.05, 0.1) is 13.1 Å². The van der Waals surface area contributed by atoms with Gasteiger partial charge in [0.15, 0.2) is 5.70 Å². The summed E-state index contributed by atoms with van der Waals surface area (Å²) in [6.45, 7) is 6.43. The lowest BCUT2D eigenvalue weighted by atomic mass is 10.1. The quantitative estimate of drug-likeness (QED) is 0.443. The zero-order valence-electron chi connectivity index (χ0n) is 11.2. The van der Waals surface area contributed by atoms with E-state index in [4.69, 9.17) is 0 Å². The molecule has 110 valence electrons. The van der Waals surface area contributed by atoms with Crippen LogP contribution in [0.3, 0.4) is 0 Å². The maximum Gasteiger partial charge on any atom is 0.231 e. The lowest BCUT2D eigenvalue weighted by Gasteiger charge is -2.25. The molecule has 1 fully saturated rings. The third-order valence-corrected chi connectivity index (χ3v) is 3.81. The second-order valence-electron chi connectivity index (χ2n) is 5.01. The summed E-state index contributed by atoms with van der Waals surface area (Å²) in [5.41, 5.74) is 0.758. The number of piperidine rings is 1. The first-order chi connectivity index (χ1) is 8.18. The zero-order valence-corrected chi connectivity index (χ0v) is 14.4. The standard InChI is InChI=1S/C13H20N2O2.2BrH/c1-11-13(17)12(16)5-8-15(11)10-9-14-6-3-2-4-7-14;;/h5,8,17H,2-4,6-7,9-10H2,1H3;2*1H. The van der Waals surface area contributed by atoms with E-state index in [0.717, 1.165) is 23.7 Å². The van der Waals surface area contributed by atoms with E-state index in [1.165, 1.54) is 38.4 Å². The van der Waals surface area contributed by atoms with Crippen molar-refractivity contribution in [3.8, 4) is 0 Å². The van der Waals surface area contributed by atoms with Crippen molar-refractivity contribution in [1.82, 2.24) is 0 Å². The molecule has 0 aromatic heterocycles. The number of rotatable bonds is 3. The molecular weight excluding hydrogens is 376 g/mol. The fourth-order valence-corrected chi connectivity index (χ4v) is 2.60. The third-order valence-electron chi connectivity index (χ3n) is 3.81. The maximum atomic E-state index is 11.2. The molecule has 19 heavy (non-hydrogen) atoms. The molecule has 0 saturated carbocycles. The number of likely N-dealkylation sites (tertiary alicyclic amines) is 1. The van der Waals surface area contributed by atoms with Crippen molar-refractivity contribution in [3.05, 3.63) is 23.7 Å². The smallest absolute Gasteiger partial charge is 0.231 e. The highest BCUT2D eigenvalue weighted by atomic mass is 79.9. The number of hydrogen-bond donors (Lipinski definition) is 3. The molecule has 0 radical (unpaired) electrons. The molecule has 4 nitrogen and oxygen atoms in total. The first-order valence-electron chi connectivity index (χ1n) is 6.50. The SMILES string of the molecule is CC1=C(O)C(=O)C=C[NH+]1CC[NH+]1CCCCC1.[Br-].[Br-]. The van der Waals surface area contributed by atoms with Gasteiger partial charge in [0.25, 0.3) is 0 Å². The van der Waals surface area contributed by atoms with Crippen molar-refractivity contribution in [2.75, 3.05) is 26.2 Å². The van der Waals surface area contributed by atoms with Crippen LogP contribution in [0.15, 0.2) is 23.7 Å². The van der Waals surface area contributed by atoms with Crippen LogP contribution in [-0.4, -0.2) is 37.1 Å². The number of hydrogen-bond acceptors (Lipinski definition) is 2. The van der Waals surface area contributed by atoms with E-state index in [-0.39, 0.29) is 45.5 Å². The summed E-state index contributed by atoms with van der Waals surface area (Å²) < 4.78 is 0. The summed E-state index contributed by atoms with van der Waals surface area (Å²) in [7, 11) is 0. The number of aliphatic hydroxyl groups excluding tert-OH is 1. The highest BCUT2D eigenvalue weighted by Gasteiger charge is 2.24. The van der Waals surface area contributed by atoms with Gasteiger partial charge in [-0.25, -0.2) is 0 Å². The van der Waals surface area contributed by atoms with Gasteiger partial charge in [-0.3, -0.25) is 9.69 Å². The van der Waals surface area contributed by atoms with Gasteiger partial charge in [-0.2, -0.15) is 0 Å². The fourth-order valence-electron chi connectivity index (χ4n) is 2.60. The highest BCUT2D eigenvalue weighted by Crippen LogP contribution is 2.00. The zero-order chi connectivity index (χ0) is 12.3. The highest BCUT2D eigenvalue weighted by molar-refractivity contribution is 6.02. The summed E-state index contributed by atoms with van der Waals surface area (Å²) in [6.07, 6.45) is 7.37. The Labute approximate surface area is 135 Å². The van der Waals surface area contributed by atoms with Gasteiger partial charge in [0, 0.05) is 13.0 Å². The second-order valence-corrected chi connectivity index (χ2v) is 5.01. The van der Waals surface area contributed by atoms with Gasteiger partial charge in [0.2, 0.25) is 11.5 Å². The molecule has 0 aromatic rings. The van der Waals surface area contributed by atoms with Crippen molar-refractivity contribution < 1.29 is 53.7 Å². The van der Waals surface area contributed by atoms with Gasteiger partial charge in [-0.05, 0) is 19.3 Å². The van der Waals surface area contributed by atoms with Crippen LogP contribution in [0.1, 0.15) is 26.2 Å². The van der Waals surface area contributed by atoms with Gasteiger partial charge in [-0.1, -0.05) is 0 Å². The summed E-state index contributed by atoms with van der Waals surface area (Å²) in [5, 5.41) is 9.60. The largest absolute Gasteiger partial charge is 1.00 e. The molecule has 1 unspecified atom stereocenters. The van der Waals surface area contributed by atoms with E-state index in [1.54, 1.807) is 4.90 Å². The number of allylic oxidation sites excluding steroid dienone is 2. The number of carbonyl (C=O) groups is 1. The number of ketones is 1. The topological polar surface area (TPSA) is 46.2 Å². The average molecular weight is 398 g/mol. The first kappa shape index (κ1) is 18.8. The van der Waals surface area contributed by atoms with E-state index in [9.17, 15) is 9.90 Å². The molecule has 0 bridgehead atoms. The Bertz CT molecular complexity index is 364. The molecule has 2 rings (SSSR count). The lowest BCUT2D eigenvalue weighted by Crippen LogP contribution is -3.18. The van der Waals surface area contributed by atoms with Crippen molar-refractivity contribution in [2.45, 2.75) is 26.2 Å². The second kappa shape index (κ2) is 8.89. The summed E-state index contributed by atoms with van der Waals surface area (Å²) in [6, 6.07) is 0. The molecule has 2 heterocycles. The van der Waals surface area contributed by atoms with Crippen LogP contribution in [0.2, 0.25) is 0 Å². The number of aliphatic hydroxyl groups is 1. The van der Waals surface area contributed by atoms with Crippen molar-refractivity contribution >= 4 is 5.78 Å². The van der Waals surface area contributed by atoms with E-state index in [1.807, 2.05) is 13.1 Å². The lowest BCUT2D eigenvalue weighted by molar-refractivity contribution is -0.932. The van der Waals surface area contributed by atoms with Crippen molar-refractivity contribution in [3.63, 3.8) is 0 Å². The monoisotopic (exact) mass is 396 g/mol. The maximum absolute atomic E-state index is 11.2. The van der Waals surface area contributed by atoms with Crippen molar-refractivity contribution in [1.29, 1.82) is 0 Å². The Hall–Kier alpha value is -0.170. The van der Waals surface area contributed by atoms with E-state index in [0.29, 0.717) is 0 Å². The predicted molar refractivity (Wildman–Crippen MR) is 64.7 cm³/mol. The normalized spacial score (nSPS) is 23.8. The molecule has 0 aliphatic carbocycles. The van der Waals surface area contributed by atoms with Crippen LogP contribution in [0.5, 0.6) is 0 Å². The summed E-state index contributed by atoms with van der Waals surface area (Å²) in [4.78, 5) is 14.0. The third kappa shape index (κ3) is 5.02. The molecule has 6 heteroatoms. The minimum Gasteiger partial charge on any atom is -1.00 e. The van der Waals surface area contributed by atoms with Crippen LogP contribution in [0, 0.1) is 0 Å². The van der Waals surface area contributed by atoms with Gasteiger partial charge in [0.1, 0.15) is 19.3 Å². The Morgan fingerprint density at radius 2 is 1.79 bits per heavy atom. The van der Waals surface area contributed by atoms with Crippen LogP contribution >= 0.6 is 0 Å². The molecule has 0 spiro atoms. The van der Waals surface area contributed by atoms with E-state index >= 15 is 0 Å². The Morgan fingerprint density at radius 3 is 2.42 bits per heavy atom. The van der Waals surface area contributed by atoms with E-state index < -0.39 is 0 Å². The summed E-state index contributed by atoms with van der Waals surface area (Å²) in [5.74, 6) is -0.340. The molecule has 1 saturated heterocycles. The first-order valence-corrected chi connectivity index (χ1v) is 6.50. The molecular formula is C13H22Br2N2O2.